The van der Waals surface area contributed by atoms with E-state index in [2.05, 4.69) is 5.32 Å². The first kappa shape index (κ1) is 17.7. The summed E-state index contributed by atoms with van der Waals surface area (Å²) in [5.41, 5.74) is 1.85. The lowest BCUT2D eigenvalue weighted by Gasteiger charge is -2.07. The summed E-state index contributed by atoms with van der Waals surface area (Å²) < 4.78 is 0. The van der Waals surface area contributed by atoms with Crippen molar-refractivity contribution in [2.75, 3.05) is 5.32 Å². The molecule has 24 heavy (non-hydrogen) atoms. The third kappa shape index (κ3) is 4.67. The van der Waals surface area contributed by atoms with Crippen LogP contribution in [0.3, 0.4) is 0 Å². The number of aryl methyl sites for hydroxylation is 1. The number of amides is 1. The minimum Gasteiger partial charge on any atom is -0.478 e. The van der Waals surface area contributed by atoms with Crippen molar-refractivity contribution < 1.29 is 19.5 Å². The van der Waals surface area contributed by atoms with E-state index in [-0.39, 0.29) is 35.1 Å². The third-order valence-corrected chi connectivity index (χ3v) is 3.76. The Kier molecular flexibility index (Phi) is 5.71. The van der Waals surface area contributed by atoms with Crippen molar-refractivity contribution >= 4 is 34.9 Å². The molecule has 0 saturated heterocycles. The number of nitrogens with one attached hydrogen (secondary N) is 1. The second-order valence-corrected chi connectivity index (χ2v) is 5.74. The van der Waals surface area contributed by atoms with Gasteiger partial charge in [-0.2, -0.15) is 0 Å². The highest BCUT2D eigenvalue weighted by atomic mass is 35.5. The minimum atomic E-state index is -1.18. The van der Waals surface area contributed by atoms with Crippen LogP contribution in [0, 0.1) is 6.92 Å². The van der Waals surface area contributed by atoms with Crippen molar-refractivity contribution in [3.05, 3.63) is 64.2 Å². The molecule has 0 bridgehead atoms. The van der Waals surface area contributed by atoms with E-state index in [9.17, 15) is 14.4 Å². The molecule has 0 saturated carbocycles. The van der Waals surface area contributed by atoms with Gasteiger partial charge in [-0.3, -0.25) is 9.59 Å². The molecule has 0 spiro atoms. The molecular formula is C18H16ClNO4. The van der Waals surface area contributed by atoms with E-state index in [0.29, 0.717) is 11.3 Å². The molecule has 0 atom stereocenters. The van der Waals surface area contributed by atoms with Gasteiger partial charge in [-0.05, 0) is 25.1 Å². The van der Waals surface area contributed by atoms with Crippen LogP contribution >= 0.6 is 11.6 Å². The van der Waals surface area contributed by atoms with E-state index in [1.54, 1.807) is 12.1 Å². The number of benzene rings is 2. The minimum absolute atomic E-state index is 0.0116. The summed E-state index contributed by atoms with van der Waals surface area (Å²) in [5, 5.41) is 11.7. The standard InChI is InChI=1S/C18H16ClNO4/c1-11-2-4-12(5-3-11)16(21)8-9-17(22)20-13-6-7-15(19)14(10-13)18(23)24/h2-7,10H,8-9H2,1H3,(H,20,22)(H,23,24). The van der Waals surface area contributed by atoms with Crippen LogP contribution in [0.1, 0.15) is 39.1 Å². The average Bonchev–Trinajstić information content (AvgIpc) is 2.55. The van der Waals surface area contributed by atoms with E-state index in [0.717, 1.165) is 5.56 Å². The number of ketones is 1. The molecule has 2 rings (SSSR count). The van der Waals surface area contributed by atoms with E-state index in [1.807, 2.05) is 19.1 Å². The quantitative estimate of drug-likeness (QED) is 0.776. The first-order chi connectivity index (χ1) is 11.4. The Morgan fingerprint density at radius 2 is 1.71 bits per heavy atom. The fourth-order valence-corrected chi connectivity index (χ4v) is 2.30. The molecule has 0 unspecified atom stereocenters. The zero-order chi connectivity index (χ0) is 17.7. The molecule has 2 aromatic carbocycles. The highest BCUT2D eigenvalue weighted by molar-refractivity contribution is 6.33. The zero-order valence-corrected chi connectivity index (χ0v) is 13.8. The molecule has 2 N–H and O–H groups in total. The summed E-state index contributed by atoms with van der Waals surface area (Å²) >= 11 is 5.77. The third-order valence-electron chi connectivity index (χ3n) is 3.43. The number of hydrogen-bond acceptors (Lipinski definition) is 3. The number of Topliss-reactive ketones (excluding diaryl/α,β-unsaturated/α-hetero) is 1. The van der Waals surface area contributed by atoms with Crippen LogP contribution < -0.4 is 5.32 Å². The zero-order valence-electron chi connectivity index (χ0n) is 13.0. The molecule has 0 aliphatic rings. The van der Waals surface area contributed by atoms with Gasteiger partial charge in [0.2, 0.25) is 5.91 Å². The van der Waals surface area contributed by atoms with Crippen molar-refractivity contribution in [3.8, 4) is 0 Å². The fraction of sp³-hybridized carbons (Fsp3) is 0.167. The molecule has 0 aromatic heterocycles. The Labute approximate surface area is 144 Å². The van der Waals surface area contributed by atoms with Crippen LogP contribution in [0.2, 0.25) is 5.02 Å². The lowest BCUT2D eigenvalue weighted by Crippen LogP contribution is -2.14. The second-order valence-electron chi connectivity index (χ2n) is 5.34. The van der Waals surface area contributed by atoms with Crippen LogP contribution in [-0.4, -0.2) is 22.8 Å². The van der Waals surface area contributed by atoms with Crippen molar-refractivity contribution in [3.63, 3.8) is 0 Å². The van der Waals surface area contributed by atoms with Crippen LogP contribution in [0.15, 0.2) is 42.5 Å². The Balaban J connectivity index is 1.94. The molecule has 2 aromatic rings. The van der Waals surface area contributed by atoms with Crippen molar-refractivity contribution in [1.29, 1.82) is 0 Å². The van der Waals surface area contributed by atoms with Crippen LogP contribution in [0.4, 0.5) is 5.69 Å². The number of rotatable bonds is 6. The van der Waals surface area contributed by atoms with Crippen LogP contribution in [0.25, 0.3) is 0 Å². The number of carboxylic acids is 1. The number of hydrogen-bond donors (Lipinski definition) is 2. The highest BCUT2D eigenvalue weighted by Gasteiger charge is 2.12. The number of carbonyl (C=O) groups excluding carboxylic acids is 2. The molecule has 0 radical (unpaired) electrons. The van der Waals surface area contributed by atoms with Gasteiger partial charge in [0, 0.05) is 24.1 Å². The molecule has 5 nitrogen and oxygen atoms in total. The Bertz CT molecular complexity index is 784. The predicted octanol–water partition coefficient (Wildman–Crippen LogP) is 3.95. The number of carbonyl (C=O) groups is 3. The molecule has 0 aliphatic carbocycles. The van der Waals surface area contributed by atoms with Crippen LogP contribution in [-0.2, 0) is 4.79 Å². The number of anilines is 1. The predicted molar refractivity (Wildman–Crippen MR) is 91.8 cm³/mol. The average molecular weight is 346 g/mol. The molecule has 1 amide bonds. The summed E-state index contributed by atoms with van der Waals surface area (Å²) in [6.45, 7) is 1.93. The monoisotopic (exact) mass is 345 g/mol. The summed E-state index contributed by atoms with van der Waals surface area (Å²) in [4.78, 5) is 35.0. The van der Waals surface area contributed by atoms with Gasteiger partial charge in [-0.15, -0.1) is 0 Å². The first-order valence-corrected chi connectivity index (χ1v) is 7.67. The Hall–Kier alpha value is -2.66. The summed E-state index contributed by atoms with van der Waals surface area (Å²) in [5.74, 6) is -1.66. The van der Waals surface area contributed by atoms with Crippen molar-refractivity contribution in [2.24, 2.45) is 0 Å². The van der Waals surface area contributed by atoms with Crippen molar-refractivity contribution in [1.82, 2.24) is 0 Å². The van der Waals surface area contributed by atoms with Gasteiger partial charge in [0.05, 0.1) is 10.6 Å². The van der Waals surface area contributed by atoms with E-state index < -0.39 is 5.97 Å². The largest absolute Gasteiger partial charge is 0.478 e. The molecule has 0 aliphatic heterocycles. The SMILES string of the molecule is Cc1ccc(C(=O)CCC(=O)Nc2ccc(Cl)c(C(=O)O)c2)cc1. The molecule has 6 heteroatoms. The lowest BCUT2D eigenvalue weighted by molar-refractivity contribution is -0.116. The second kappa shape index (κ2) is 7.75. The number of halogens is 1. The van der Waals surface area contributed by atoms with Gasteiger partial charge in [0.25, 0.3) is 0 Å². The smallest absolute Gasteiger partial charge is 0.337 e. The maximum atomic E-state index is 12.0. The molecular weight excluding hydrogens is 330 g/mol. The maximum Gasteiger partial charge on any atom is 0.337 e. The lowest BCUT2D eigenvalue weighted by atomic mass is 10.0. The van der Waals surface area contributed by atoms with E-state index in [1.165, 1.54) is 18.2 Å². The van der Waals surface area contributed by atoms with Gasteiger partial charge in [0.1, 0.15) is 0 Å². The molecule has 124 valence electrons. The summed E-state index contributed by atoms with van der Waals surface area (Å²) in [7, 11) is 0. The van der Waals surface area contributed by atoms with E-state index in [4.69, 9.17) is 16.7 Å². The van der Waals surface area contributed by atoms with Crippen molar-refractivity contribution in [2.45, 2.75) is 19.8 Å². The summed E-state index contributed by atoms with van der Waals surface area (Å²) in [6, 6.07) is 11.3. The van der Waals surface area contributed by atoms with Gasteiger partial charge < -0.3 is 10.4 Å². The van der Waals surface area contributed by atoms with Crippen LogP contribution in [0.5, 0.6) is 0 Å². The Morgan fingerprint density at radius 3 is 2.33 bits per heavy atom. The fourth-order valence-electron chi connectivity index (χ4n) is 2.10. The van der Waals surface area contributed by atoms with Gasteiger partial charge in [0.15, 0.2) is 5.78 Å². The number of carboxylic acid groups (broad SMARTS) is 1. The normalized spacial score (nSPS) is 10.2. The van der Waals surface area contributed by atoms with Gasteiger partial charge in [-0.25, -0.2) is 4.79 Å². The van der Waals surface area contributed by atoms with Gasteiger partial charge in [-0.1, -0.05) is 41.4 Å². The Morgan fingerprint density at radius 1 is 1.04 bits per heavy atom. The molecule has 0 heterocycles. The topological polar surface area (TPSA) is 83.5 Å². The van der Waals surface area contributed by atoms with Gasteiger partial charge >= 0.3 is 5.97 Å². The molecule has 0 fully saturated rings. The first-order valence-electron chi connectivity index (χ1n) is 7.29. The highest BCUT2D eigenvalue weighted by Crippen LogP contribution is 2.21. The summed E-state index contributed by atoms with van der Waals surface area (Å²) in [6.07, 6.45) is 0.0893. The maximum absolute atomic E-state index is 12.0. The number of aromatic carboxylic acids is 1. The van der Waals surface area contributed by atoms with E-state index >= 15 is 0 Å².